The quantitative estimate of drug-likeness (QED) is 0.287. The number of hydrogen-bond acceptors (Lipinski definition) is 0. The molecule has 1 unspecified atom stereocenters. The Bertz CT molecular complexity index is 887. The van der Waals surface area contributed by atoms with E-state index in [1.165, 1.54) is 49.7 Å². The molecule has 3 rings (SSSR count). The molecule has 1 aliphatic rings. The van der Waals surface area contributed by atoms with Gasteiger partial charge in [-0.1, -0.05) is 63.6 Å². The normalized spacial score (nSPS) is 16.6. The van der Waals surface area contributed by atoms with Crippen LogP contribution in [0.4, 0.5) is 22.0 Å². The van der Waals surface area contributed by atoms with Crippen LogP contribution in [0, 0.1) is 17.6 Å². The van der Waals surface area contributed by atoms with E-state index >= 15 is 0 Å². The molecule has 0 saturated carbocycles. The topological polar surface area (TPSA) is 0 Å². The summed E-state index contributed by atoms with van der Waals surface area (Å²) in [6.07, 6.45) is 6.42. The van der Waals surface area contributed by atoms with Crippen LogP contribution in [0.25, 0.3) is 17.2 Å². The smallest absolute Gasteiger partial charge is 0.206 e. The van der Waals surface area contributed by atoms with E-state index in [9.17, 15) is 22.0 Å². The highest BCUT2D eigenvalue weighted by Gasteiger charge is 2.23. The van der Waals surface area contributed by atoms with Crippen molar-refractivity contribution in [3.05, 3.63) is 64.7 Å². The Morgan fingerprint density at radius 2 is 1.61 bits per heavy atom. The van der Waals surface area contributed by atoms with Crippen LogP contribution in [-0.2, 0) is 12.8 Å². The number of fused-ring (bicyclic) bond motifs is 1. The summed E-state index contributed by atoms with van der Waals surface area (Å²) in [6.45, 7) is 2.22. The summed E-state index contributed by atoms with van der Waals surface area (Å²) < 4.78 is 65.6. The molecule has 0 radical (unpaired) electrons. The molecule has 0 aliphatic heterocycles. The zero-order valence-corrected chi connectivity index (χ0v) is 17.9. The fourth-order valence-corrected chi connectivity index (χ4v) is 4.38. The van der Waals surface area contributed by atoms with Crippen molar-refractivity contribution in [2.24, 2.45) is 5.92 Å². The van der Waals surface area contributed by atoms with Crippen molar-refractivity contribution in [1.82, 2.24) is 0 Å². The van der Waals surface area contributed by atoms with Crippen molar-refractivity contribution in [3.63, 3.8) is 0 Å². The number of halogens is 5. The Labute approximate surface area is 181 Å². The molecule has 168 valence electrons. The lowest BCUT2D eigenvalue weighted by atomic mass is 9.80. The summed E-state index contributed by atoms with van der Waals surface area (Å²) in [5.74, 6) is -1.32. The molecule has 0 N–H and O–H groups in total. The van der Waals surface area contributed by atoms with Crippen LogP contribution in [0.5, 0.6) is 0 Å². The van der Waals surface area contributed by atoms with Crippen molar-refractivity contribution in [1.29, 1.82) is 0 Å². The second-order valence-corrected chi connectivity index (χ2v) is 8.52. The van der Waals surface area contributed by atoms with Crippen molar-refractivity contribution in [3.8, 4) is 11.1 Å². The van der Waals surface area contributed by atoms with Gasteiger partial charge in [-0.3, -0.25) is 0 Å². The highest BCUT2D eigenvalue weighted by molar-refractivity contribution is 5.68. The summed E-state index contributed by atoms with van der Waals surface area (Å²) in [5.41, 5.74) is 2.82. The lowest BCUT2D eigenvalue weighted by Crippen LogP contribution is -2.14. The fraction of sp³-hybridized carbons (Fsp3) is 0.462. The van der Waals surface area contributed by atoms with Crippen molar-refractivity contribution in [2.75, 3.05) is 0 Å². The monoisotopic (exact) mass is 436 g/mol. The average Bonchev–Trinajstić information content (AvgIpc) is 2.71. The number of hydrogen-bond donors (Lipinski definition) is 0. The minimum Gasteiger partial charge on any atom is -0.206 e. The van der Waals surface area contributed by atoms with Gasteiger partial charge in [-0.05, 0) is 65.6 Å². The van der Waals surface area contributed by atoms with Gasteiger partial charge < -0.3 is 0 Å². The molecule has 1 aliphatic carbocycles. The van der Waals surface area contributed by atoms with E-state index in [4.69, 9.17) is 0 Å². The molecule has 0 nitrogen and oxygen atoms in total. The molecule has 31 heavy (non-hydrogen) atoms. The molecule has 5 heteroatoms. The van der Waals surface area contributed by atoms with E-state index in [0.29, 0.717) is 23.1 Å². The van der Waals surface area contributed by atoms with E-state index in [1.807, 2.05) is 18.2 Å². The highest BCUT2D eigenvalue weighted by Crippen LogP contribution is 2.33. The molecule has 2 aromatic carbocycles. The van der Waals surface area contributed by atoms with Crippen molar-refractivity contribution >= 4 is 6.08 Å². The largest absolute Gasteiger partial charge is 0.409 e. The third-order valence-electron chi connectivity index (χ3n) is 6.10. The predicted molar refractivity (Wildman–Crippen MR) is 116 cm³/mol. The molecule has 0 saturated heterocycles. The van der Waals surface area contributed by atoms with Gasteiger partial charge >= 0.3 is 6.18 Å². The van der Waals surface area contributed by atoms with Gasteiger partial charge in [0.2, 0.25) is 0 Å². The van der Waals surface area contributed by atoms with Crippen LogP contribution in [-0.4, -0.2) is 6.18 Å². The Kier molecular flexibility index (Phi) is 7.90. The van der Waals surface area contributed by atoms with Gasteiger partial charge in [-0.15, -0.1) is 0 Å². The number of allylic oxidation sites excluding steroid dienone is 1. The maximum atomic E-state index is 14.3. The number of aryl methyl sites for hydroxylation is 1. The zero-order chi connectivity index (χ0) is 22.4. The highest BCUT2D eigenvalue weighted by atomic mass is 19.4. The Hall–Kier alpha value is -2.17. The molecule has 0 bridgehead atoms. The first-order valence-electron chi connectivity index (χ1n) is 11.1. The van der Waals surface area contributed by atoms with E-state index in [1.54, 1.807) is 0 Å². The van der Waals surface area contributed by atoms with E-state index in [0.717, 1.165) is 31.4 Å². The molecule has 0 heterocycles. The molecular weight excluding hydrogens is 407 g/mol. The number of rotatable bonds is 8. The van der Waals surface area contributed by atoms with Crippen LogP contribution in [0.1, 0.15) is 68.6 Å². The first kappa shape index (κ1) is 23.5. The van der Waals surface area contributed by atoms with Crippen LogP contribution < -0.4 is 0 Å². The van der Waals surface area contributed by atoms with E-state index < -0.39 is 23.4 Å². The molecule has 0 amide bonds. The second kappa shape index (κ2) is 10.4. The second-order valence-electron chi connectivity index (χ2n) is 8.52. The van der Waals surface area contributed by atoms with Gasteiger partial charge in [0.15, 0.2) is 0 Å². The molecule has 0 spiro atoms. The molecule has 2 aromatic rings. The van der Waals surface area contributed by atoms with Crippen LogP contribution in [0.15, 0.2) is 36.4 Å². The van der Waals surface area contributed by atoms with Crippen LogP contribution in [0.2, 0.25) is 0 Å². The summed E-state index contributed by atoms with van der Waals surface area (Å²) in [7, 11) is 0. The first-order valence-corrected chi connectivity index (χ1v) is 11.1. The van der Waals surface area contributed by atoms with Crippen LogP contribution in [0.3, 0.4) is 0 Å². The average molecular weight is 437 g/mol. The fourth-order valence-electron chi connectivity index (χ4n) is 4.38. The molecule has 0 aromatic heterocycles. The minimum atomic E-state index is -4.62. The molecule has 1 atom stereocenters. The number of unbranched alkanes of at least 4 members (excludes halogenated alkanes) is 4. The van der Waals surface area contributed by atoms with Gasteiger partial charge in [0, 0.05) is 11.6 Å². The standard InChI is InChI=1S/C26H29F5/c1-2-3-4-5-6-7-18-8-9-20-15-21(11-10-19(20)14-18)22-16-24(27)23(25(28)17-22)12-13-26(29,30)31/h10-13,15-18H,2-9,14H2,1H3/b13-12+. The van der Waals surface area contributed by atoms with Crippen molar-refractivity contribution in [2.45, 2.75) is 70.9 Å². The van der Waals surface area contributed by atoms with Gasteiger partial charge in [0.25, 0.3) is 0 Å². The summed E-state index contributed by atoms with van der Waals surface area (Å²) in [5, 5.41) is 0. The van der Waals surface area contributed by atoms with Gasteiger partial charge in [-0.25, -0.2) is 8.78 Å². The SMILES string of the molecule is CCCCCCCC1CCc2cc(-c3cc(F)c(/C=C/C(F)(F)F)c(F)c3)ccc2C1. The van der Waals surface area contributed by atoms with Crippen molar-refractivity contribution < 1.29 is 22.0 Å². The third kappa shape index (κ3) is 6.65. The summed E-state index contributed by atoms with van der Waals surface area (Å²) in [6, 6.07) is 8.04. The van der Waals surface area contributed by atoms with E-state index in [-0.39, 0.29) is 6.08 Å². The van der Waals surface area contributed by atoms with Gasteiger partial charge in [0.05, 0.1) is 0 Å². The lowest BCUT2D eigenvalue weighted by Gasteiger charge is -2.25. The molecule has 0 fully saturated rings. The predicted octanol–water partition coefficient (Wildman–Crippen LogP) is 8.67. The first-order chi connectivity index (χ1) is 14.8. The Balaban J connectivity index is 1.70. The number of benzene rings is 2. The van der Waals surface area contributed by atoms with Gasteiger partial charge in [-0.2, -0.15) is 13.2 Å². The number of alkyl halides is 3. The lowest BCUT2D eigenvalue weighted by molar-refractivity contribution is -0.0790. The zero-order valence-electron chi connectivity index (χ0n) is 17.9. The van der Waals surface area contributed by atoms with Crippen LogP contribution >= 0.6 is 0 Å². The Morgan fingerprint density at radius 1 is 0.903 bits per heavy atom. The minimum absolute atomic E-state index is 0.159. The summed E-state index contributed by atoms with van der Waals surface area (Å²) >= 11 is 0. The maximum Gasteiger partial charge on any atom is 0.409 e. The Morgan fingerprint density at radius 3 is 2.29 bits per heavy atom. The third-order valence-corrected chi connectivity index (χ3v) is 6.10. The van der Waals surface area contributed by atoms with Gasteiger partial charge in [0.1, 0.15) is 11.6 Å². The maximum absolute atomic E-state index is 14.3. The molecular formula is C26H29F5. The van der Waals surface area contributed by atoms with E-state index in [2.05, 4.69) is 6.92 Å². The summed E-state index contributed by atoms with van der Waals surface area (Å²) in [4.78, 5) is 0.